The number of benzene rings is 1. The summed E-state index contributed by atoms with van der Waals surface area (Å²) in [5.74, 6) is 0.826. The first kappa shape index (κ1) is 9.84. The van der Waals surface area contributed by atoms with Crippen LogP contribution in [-0.2, 0) is 0 Å². The zero-order valence-corrected chi connectivity index (χ0v) is 8.64. The molecule has 17 heavy (non-hydrogen) atoms. The smallest absolute Gasteiger partial charge is 0.185 e. The Labute approximate surface area is 95.5 Å². The molecular formula is C13H7FO3. The lowest BCUT2D eigenvalue weighted by atomic mass is 10.2. The minimum Gasteiger partial charge on any atom is -0.453 e. The Morgan fingerprint density at radius 2 is 1.88 bits per heavy atom. The van der Waals surface area contributed by atoms with Gasteiger partial charge in [0.15, 0.2) is 23.6 Å². The molecule has 84 valence electrons. The molecule has 1 aromatic carbocycles. The molecule has 2 heterocycles. The van der Waals surface area contributed by atoms with Crippen LogP contribution in [0.25, 0.3) is 22.5 Å². The van der Waals surface area contributed by atoms with Gasteiger partial charge in [-0.3, -0.25) is 4.79 Å². The molecule has 0 aliphatic heterocycles. The Balaban J connectivity index is 2.14. The molecule has 0 saturated carbocycles. The van der Waals surface area contributed by atoms with E-state index in [1.807, 2.05) is 0 Å². The Hall–Kier alpha value is -2.36. The van der Waals surface area contributed by atoms with E-state index in [1.165, 1.54) is 12.1 Å². The van der Waals surface area contributed by atoms with E-state index >= 15 is 0 Å². The first-order chi connectivity index (χ1) is 8.26. The molecule has 0 fully saturated rings. The fourth-order valence-electron chi connectivity index (χ4n) is 1.68. The third-order valence-electron chi connectivity index (χ3n) is 2.46. The second-order valence-electron chi connectivity index (χ2n) is 3.61. The van der Waals surface area contributed by atoms with Gasteiger partial charge in [-0.2, -0.15) is 0 Å². The van der Waals surface area contributed by atoms with Gasteiger partial charge >= 0.3 is 0 Å². The number of fused-ring (bicyclic) bond motifs is 1. The first-order valence-corrected chi connectivity index (χ1v) is 5.01. The van der Waals surface area contributed by atoms with Gasteiger partial charge in [-0.05, 0) is 36.4 Å². The van der Waals surface area contributed by atoms with Crippen molar-refractivity contribution in [3.05, 3.63) is 48.0 Å². The average molecular weight is 230 g/mol. The monoisotopic (exact) mass is 230 g/mol. The lowest BCUT2D eigenvalue weighted by Gasteiger charge is -1.88. The van der Waals surface area contributed by atoms with Crippen molar-refractivity contribution in [1.29, 1.82) is 0 Å². The summed E-state index contributed by atoms with van der Waals surface area (Å²) in [6, 6.07) is 9.12. The lowest BCUT2D eigenvalue weighted by Crippen LogP contribution is -1.69. The van der Waals surface area contributed by atoms with Gasteiger partial charge in [0.25, 0.3) is 0 Å². The normalized spacial score (nSPS) is 10.9. The SMILES string of the molecule is O=Cc1ccc(-c2cc3cc(F)ccc3o2)o1. The first-order valence-electron chi connectivity index (χ1n) is 5.01. The molecule has 3 aromatic rings. The standard InChI is InChI=1S/C13H7FO3/c14-9-1-3-11-8(5-9)6-13(17-11)12-4-2-10(7-15)16-12/h1-7H. The Bertz CT molecular complexity index is 694. The number of hydrogen-bond donors (Lipinski definition) is 0. The van der Waals surface area contributed by atoms with Crippen LogP contribution in [0.15, 0.2) is 45.2 Å². The Morgan fingerprint density at radius 1 is 1.00 bits per heavy atom. The summed E-state index contributed by atoms with van der Waals surface area (Å²) >= 11 is 0. The molecule has 0 atom stereocenters. The predicted molar refractivity (Wildman–Crippen MR) is 59.3 cm³/mol. The van der Waals surface area contributed by atoms with Gasteiger partial charge in [0.05, 0.1) is 0 Å². The minimum atomic E-state index is -0.321. The fourth-order valence-corrected chi connectivity index (χ4v) is 1.68. The molecule has 0 aliphatic carbocycles. The Kier molecular flexibility index (Phi) is 2.08. The van der Waals surface area contributed by atoms with E-state index in [0.717, 1.165) is 0 Å². The number of carbonyl (C=O) groups is 1. The molecule has 3 nitrogen and oxygen atoms in total. The minimum absolute atomic E-state index is 0.228. The second-order valence-corrected chi connectivity index (χ2v) is 3.61. The van der Waals surface area contributed by atoms with Crippen LogP contribution in [0.4, 0.5) is 4.39 Å². The molecule has 2 aromatic heterocycles. The van der Waals surface area contributed by atoms with E-state index in [0.29, 0.717) is 28.8 Å². The van der Waals surface area contributed by atoms with Crippen LogP contribution in [0.2, 0.25) is 0 Å². The van der Waals surface area contributed by atoms with E-state index in [1.54, 1.807) is 24.3 Å². The van der Waals surface area contributed by atoms with Crippen LogP contribution in [-0.4, -0.2) is 6.29 Å². The highest BCUT2D eigenvalue weighted by Crippen LogP contribution is 2.29. The van der Waals surface area contributed by atoms with Crippen LogP contribution < -0.4 is 0 Å². The Morgan fingerprint density at radius 3 is 2.65 bits per heavy atom. The van der Waals surface area contributed by atoms with Gasteiger partial charge < -0.3 is 8.83 Å². The molecule has 0 saturated heterocycles. The van der Waals surface area contributed by atoms with E-state index in [9.17, 15) is 9.18 Å². The molecule has 3 rings (SSSR count). The van der Waals surface area contributed by atoms with E-state index in [4.69, 9.17) is 8.83 Å². The van der Waals surface area contributed by atoms with Gasteiger partial charge in [0.1, 0.15) is 11.4 Å². The maximum atomic E-state index is 13.0. The van der Waals surface area contributed by atoms with Gasteiger partial charge in [0, 0.05) is 5.39 Å². The maximum absolute atomic E-state index is 13.0. The molecule has 0 radical (unpaired) electrons. The van der Waals surface area contributed by atoms with E-state index < -0.39 is 0 Å². The van der Waals surface area contributed by atoms with Crippen molar-refractivity contribution in [3.8, 4) is 11.5 Å². The summed E-state index contributed by atoms with van der Waals surface area (Å²) in [7, 11) is 0. The molecule has 0 spiro atoms. The van der Waals surface area contributed by atoms with E-state index in [2.05, 4.69) is 0 Å². The summed E-state index contributed by atoms with van der Waals surface area (Å²) < 4.78 is 23.7. The van der Waals surface area contributed by atoms with Crippen LogP contribution >= 0.6 is 0 Å². The zero-order chi connectivity index (χ0) is 11.8. The number of hydrogen-bond acceptors (Lipinski definition) is 3. The molecule has 0 N–H and O–H groups in total. The van der Waals surface area contributed by atoms with Crippen LogP contribution in [0, 0.1) is 5.82 Å². The van der Waals surface area contributed by atoms with Crippen molar-refractivity contribution in [1.82, 2.24) is 0 Å². The molecule has 0 amide bonds. The van der Waals surface area contributed by atoms with Crippen LogP contribution in [0.5, 0.6) is 0 Å². The molecular weight excluding hydrogens is 223 g/mol. The van der Waals surface area contributed by atoms with Crippen LogP contribution in [0.3, 0.4) is 0 Å². The van der Waals surface area contributed by atoms with Gasteiger partial charge in [-0.15, -0.1) is 0 Å². The molecule has 4 heteroatoms. The number of aldehydes is 1. The van der Waals surface area contributed by atoms with Crippen molar-refractivity contribution in [2.45, 2.75) is 0 Å². The zero-order valence-electron chi connectivity index (χ0n) is 8.64. The largest absolute Gasteiger partial charge is 0.453 e. The fraction of sp³-hybridized carbons (Fsp3) is 0. The summed E-state index contributed by atoms with van der Waals surface area (Å²) in [6.07, 6.45) is 0.617. The van der Waals surface area contributed by atoms with Crippen molar-refractivity contribution >= 4 is 17.3 Å². The number of halogens is 1. The highest BCUT2D eigenvalue weighted by molar-refractivity contribution is 5.82. The molecule has 0 bridgehead atoms. The summed E-state index contributed by atoms with van der Waals surface area (Å²) in [5, 5.41) is 0.657. The number of furan rings is 2. The van der Waals surface area contributed by atoms with Crippen molar-refractivity contribution in [3.63, 3.8) is 0 Å². The van der Waals surface area contributed by atoms with Gasteiger partial charge in [-0.25, -0.2) is 4.39 Å². The van der Waals surface area contributed by atoms with Gasteiger partial charge in [-0.1, -0.05) is 0 Å². The quantitative estimate of drug-likeness (QED) is 0.631. The third-order valence-corrected chi connectivity index (χ3v) is 2.46. The highest BCUT2D eigenvalue weighted by Gasteiger charge is 2.10. The second kappa shape index (κ2) is 3.59. The molecule has 0 unspecified atom stereocenters. The maximum Gasteiger partial charge on any atom is 0.185 e. The van der Waals surface area contributed by atoms with Crippen molar-refractivity contribution in [2.75, 3.05) is 0 Å². The van der Waals surface area contributed by atoms with E-state index in [-0.39, 0.29) is 11.6 Å². The summed E-state index contributed by atoms with van der Waals surface area (Å²) in [4.78, 5) is 10.5. The van der Waals surface area contributed by atoms with Crippen molar-refractivity contribution < 1.29 is 18.0 Å². The third kappa shape index (κ3) is 1.63. The summed E-state index contributed by atoms with van der Waals surface area (Å²) in [6.45, 7) is 0. The van der Waals surface area contributed by atoms with Crippen LogP contribution in [0.1, 0.15) is 10.6 Å². The van der Waals surface area contributed by atoms with Crippen molar-refractivity contribution in [2.24, 2.45) is 0 Å². The number of carbonyl (C=O) groups excluding carboxylic acids is 1. The summed E-state index contributed by atoms with van der Waals surface area (Å²) in [5.41, 5.74) is 0.574. The number of rotatable bonds is 2. The molecule has 0 aliphatic rings. The topological polar surface area (TPSA) is 43.4 Å². The predicted octanol–water partition coefficient (Wildman–Crippen LogP) is 3.64. The average Bonchev–Trinajstić information content (AvgIpc) is 2.93. The highest BCUT2D eigenvalue weighted by atomic mass is 19.1. The van der Waals surface area contributed by atoms with Gasteiger partial charge in [0.2, 0.25) is 0 Å². The lowest BCUT2D eigenvalue weighted by molar-refractivity contribution is 0.110.